The molecule has 2 aliphatic rings. The maximum absolute atomic E-state index is 12.7. The lowest BCUT2D eigenvalue weighted by molar-refractivity contribution is -0.127. The van der Waals surface area contributed by atoms with Crippen LogP contribution in [-0.4, -0.2) is 53.6 Å². The zero-order valence-corrected chi connectivity index (χ0v) is 14.9. The molecule has 0 radical (unpaired) electrons. The van der Waals surface area contributed by atoms with E-state index in [2.05, 4.69) is 26.2 Å². The molecular formula is C19H27N5O. The van der Waals surface area contributed by atoms with Gasteiger partial charge in [0.25, 0.3) is 0 Å². The fraction of sp³-hybridized carbons (Fsp3) is 0.632. The number of amides is 1. The first kappa shape index (κ1) is 17.7. The molecule has 1 saturated heterocycles. The predicted octanol–water partition coefficient (Wildman–Crippen LogP) is 1.93. The number of hydrogen-bond acceptors (Lipinski definition) is 5. The number of nitrogens with zero attached hydrogens (tertiary/aromatic N) is 4. The van der Waals surface area contributed by atoms with Crippen molar-refractivity contribution in [2.45, 2.75) is 50.6 Å². The van der Waals surface area contributed by atoms with E-state index < -0.39 is 5.54 Å². The van der Waals surface area contributed by atoms with E-state index in [1.54, 1.807) is 0 Å². The highest BCUT2D eigenvalue weighted by Gasteiger charge is 2.36. The van der Waals surface area contributed by atoms with Gasteiger partial charge in [-0.3, -0.25) is 9.69 Å². The zero-order chi connectivity index (χ0) is 17.7. The van der Waals surface area contributed by atoms with Crippen molar-refractivity contribution < 1.29 is 4.79 Å². The SMILES string of the molecule is CC(C(=O)NC1(C#N)CCCCC1)N1CCN(c2ccccn2)CC1. The van der Waals surface area contributed by atoms with Crippen LogP contribution < -0.4 is 10.2 Å². The van der Waals surface area contributed by atoms with Gasteiger partial charge in [0.15, 0.2) is 0 Å². The molecule has 1 aliphatic carbocycles. The number of hydrogen-bond donors (Lipinski definition) is 1. The average Bonchev–Trinajstić information content (AvgIpc) is 2.69. The number of aromatic nitrogens is 1. The third kappa shape index (κ3) is 4.10. The van der Waals surface area contributed by atoms with E-state index in [1.807, 2.05) is 31.3 Å². The minimum atomic E-state index is -0.653. The van der Waals surface area contributed by atoms with Crippen LogP contribution in [0.15, 0.2) is 24.4 Å². The highest BCUT2D eigenvalue weighted by molar-refractivity contribution is 5.82. The van der Waals surface area contributed by atoms with Gasteiger partial charge in [0, 0.05) is 32.4 Å². The van der Waals surface area contributed by atoms with Gasteiger partial charge in [0.1, 0.15) is 11.4 Å². The quantitative estimate of drug-likeness (QED) is 0.906. The number of carbonyl (C=O) groups excluding carboxylic acids is 1. The first-order chi connectivity index (χ1) is 12.1. The Kier molecular flexibility index (Phi) is 5.54. The molecule has 1 unspecified atom stereocenters. The summed E-state index contributed by atoms with van der Waals surface area (Å²) >= 11 is 0. The van der Waals surface area contributed by atoms with E-state index in [-0.39, 0.29) is 11.9 Å². The van der Waals surface area contributed by atoms with Gasteiger partial charge in [-0.25, -0.2) is 4.98 Å². The topological polar surface area (TPSA) is 72.3 Å². The summed E-state index contributed by atoms with van der Waals surface area (Å²) in [4.78, 5) is 21.5. The molecule has 25 heavy (non-hydrogen) atoms. The van der Waals surface area contributed by atoms with Gasteiger partial charge < -0.3 is 10.2 Å². The second kappa shape index (κ2) is 7.83. The lowest BCUT2D eigenvalue weighted by Crippen LogP contribution is -2.58. The van der Waals surface area contributed by atoms with E-state index in [0.717, 1.165) is 64.1 Å². The van der Waals surface area contributed by atoms with Crippen LogP contribution in [0.25, 0.3) is 0 Å². The molecule has 6 nitrogen and oxygen atoms in total. The second-order valence-corrected chi connectivity index (χ2v) is 7.13. The highest BCUT2D eigenvalue weighted by atomic mass is 16.2. The molecule has 1 atom stereocenters. The Morgan fingerprint density at radius 2 is 1.96 bits per heavy atom. The Morgan fingerprint density at radius 3 is 2.56 bits per heavy atom. The largest absolute Gasteiger partial charge is 0.354 e. The second-order valence-electron chi connectivity index (χ2n) is 7.13. The fourth-order valence-electron chi connectivity index (χ4n) is 3.81. The van der Waals surface area contributed by atoms with Gasteiger partial charge in [0.2, 0.25) is 5.91 Å². The summed E-state index contributed by atoms with van der Waals surface area (Å²) in [6, 6.07) is 8.09. The molecule has 2 fully saturated rings. The molecule has 0 spiro atoms. The summed E-state index contributed by atoms with van der Waals surface area (Å²) in [5.41, 5.74) is -0.653. The molecule has 134 valence electrons. The van der Waals surface area contributed by atoms with Crippen LogP contribution in [0.1, 0.15) is 39.0 Å². The van der Waals surface area contributed by atoms with Crippen LogP contribution in [-0.2, 0) is 4.79 Å². The van der Waals surface area contributed by atoms with Crippen LogP contribution >= 0.6 is 0 Å². The van der Waals surface area contributed by atoms with Crippen LogP contribution in [0, 0.1) is 11.3 Å². The van der Waals surface area contributed by atoms with Crippen molar-refractivity contribution in [1.29, 1.82) is 5.26 Å². The highest BCUT2D eigenvalue weighted by Crippen LogP contribution is 2.27. The van der Waals surface area contributed by atoms with Crippen LogP contribution in [0.5, 0.6) is 0 Å². The van der Waals surface area contributed by atoms with Crippen molar-refractivity contribution in [3.8, 4) is 6.07 Å². The minimum Gasteiger partial charge on any atom is -0.354 e. The summed E-state index contributed by atoms with van der Waals surface area (Å²) in [6.45, 7) is 5.31. The van der Waals surface area contributed by atoms with Gasteiger partial charge in [-0.2, -0.15) is 5.26 Å². The number of pyridine rings is 1. The third-order valence-corrected chi connectivity index (χ3v) is 5.50. The smallest absolute Gasteiger partial charge is 0.238 e. The molecule has 1 aliphatic heterocycles. The number of nitriles is 1. The average molecular weight is 341 g/mol. The van der Waals surface area contributed by atoms with E-state index in [4.69, 9.17) is 0 Å². The van der Waals surface area contributed by atoms with Gasteiger partial charge in [-0.1, -0.05) is 25.3 Å². The Labute approximate surface area is 149 Å². The van der Waals surface area contributed by atoms with Crippen LogP contribution in [0.2, 0.25) is 0 Å². The van der Waals surface area contributed by atoms with Gasteiger partial charge >= 0.3 is 0 Å². The maximum atomic E-state index is 12.7. The molecular weight excluding hydrogens is 314 g/mol. The molecule has 0 aromatic carbocycles. The van der Waals surface area contributed by atoms with Crippen LogP contribution in [0.4, 0.5) is 5.82 Å². The van der Waals surface area contributed by atoms with Crippen molar-refractivity contribution >= 4 is 11.7 Å². The van der Waals surface area contributed by atoms with Crippen LogP contribution in [0.3, 0.4) is 0 Å². The van der Waals surface area contributed by atoms with Gasteiger partial charge in [-0.15, -0.1) is 0 Å². The number of nitrogens with one attached hydrogen (secondary N) is 1. The zero-order valence-electron chi connectivity index (χ0n) is 14.9. The number of anilines is 1. The van der Waals surface area contributed by atoms with Crippen molar-refractivity contribution in [3.05, 3.63) is 24.4 Å². The first-order valence-corrected chi connectivity index (χ1v) is 9.27. The van der Waals surface area contributed by atoms with Crippen molar-refractivity contribution in [2.24, 2.45) is 0 Å². The molecule has 2 heterocycles. The van der Waals surface area contributed by atoms with E-state index in [9.17, 15) is 10.1 Å². The maximum Gasteiger partial charge on any atom is 0.238 e. The molecule has 1 aromatic heterocycles. The number of rotatable bonds is 4. The van der Waals surface area contributed by atoms with E-state index in [0.29, 0.717) is 0 Å². The predicted molar refractivity (Wildman–Crippen MR) is 97.1 cm³/mol. The molecule has 6 heteroatoms. The Hall–Kier alpha value is -2.13. The minimum absolute atomic E-state index is 0.0188. The molecule has 1 saturated carbocycles. The molecule has 1 aromatic rings. The summed E-state index contributed by atoms with van der Waals surface area (Å²) in [5, 5.41) is 12.6. The first-order valence-electron chi connectivity index (χ1n) is 9.27. The fourth-order valence-corrected chi connectivity index (χ4v) is 3.81. The standard InChI is InChI=1S/C19H27N5O/c1-16(18(25)22-19(15-20)8-4-2-5-9-19)23-11-13-24(14-12-23)17-7-3-6-10-21-17/h3,6-7,10,16H,2,4-5,8-9,11-14H2,1H3,(H,22,25). The van der Waals surface area contributed by atoms with Gasteiger partial charge in [-0.05, 0) is 31.9 Å². The number of piperazine rings is 1. The van der Waals surface area contributed by atoms with E-state index in [1.165, 1.54) is 0 Å². The summed E-state index contributed by atoms with van der Waals surface area (Å²) < 4.78 is 0. The van der Waals surface area contributed by atoms with Gasteiger partial charge in [0.05, 0.1) is 12.1 Å². The summed E-state index contributed by atoms with van der Waals surface area (Å²) in [6.07, 6.45) is 6.55. The van der Waals surface area contributed by atoms with Crippen molar-refractivity contribution in [2.75, 3.05) is 31.1 Å². The lowest BCUT2D eigenvalue weighted by Gasteiger charge is -2.39. The lowest BCUT2D eigenvalue weighted by atomic mass is 9.82. The molecule has 0 bridgehead atoms. The van der Waals surface area contributed by atoms with E-state index >= 15 is 0 Å². The molecule has 1 amide bonds. The summed E-state index contributed by atoms with van der Waals surface area (Å²) in [7, 11) is 0. The molecule has 3 rings (SSSR count). The molecule has 1 N–H and O–H groups in total. The van der Waals surface area contributed by atoms with Crippen molar-refractivity contribution in [3.63, 3.8) is 0 Å². The normalized spacial score (nSPS) is 22.0. The monoisotopic (exact) mass is 341 g/mol. The Morgan fingerprint density at radius 1 is 1.24 bits per heavy atom. The Bertz CT molecular complexity index is 612. The van der Waals surface area contributed by atoms with Crippen molar-refractivity contribution in [1.82, 2.24) is 15.2 Å². The number of carbonyl (C=O) groups is 1. The summed E-state index contributed by atoms with van der Waals surface area (Å²) in [5.74, 6) is 0.972. The third-order valence-electron chi connectivity index (χ3n) is 5.50. The Balaban J connectivity index is 1.54.